The third kappa shape index (κ3) is 3.24. The minimum absolute atomic E-state index is 0.197. The van der Waals surface area contributed by atoms with Gasteiger partial charge in [0.15, 0.2) is 6.10 Å². The van der Waals surface area contributed by atoms with E-state index in [9.17, 15) is 9.59 Å². The van der Waals surface area contributed by atoms with E-state index in [0.717, 1.165) is 11.3 Å². The summed E-state index contributed by atoms with van der Waals surface area (Å²) in [5.41, 5.74) is 0.964. The van der Waals surface area contributed by atoms with Crippen LogP contribution in [0.25, 0.3) is 0 Å². The molecule has 19 heavy (non-hydrogen) atoms. The second kappa shape index (κ2) is 5.73. The van der Waals surface area contributed by atoms with Crippen molar-refractivity contribution in [2.24, 2.45) is 5.92 Å². The molecule has 0 aromatic heterocycles. The lowest BCUT2D eigenvalue weighted by Crippen LogP contribution is -2.33. The van der Waals surface area contributed by atoms with Crippen LogP contribution in [0.3, 0.4) is 0 Å². The van der Waals surface area contributed by atoms with E-state index in [4.69, 9.17) is 9.47 Å². The third-order valence-electron chi connectivity index (χ3n) is 3.15. The summed E-state index contributed by atoms with van der Waals surface area (Å²) >= 11 is 0. The van der Waals surface area contributed by atoms with E-state index in [1.807, 2.05) is 24.3 Å². The van der Waals surface area contributed by atoms with Crippen molar-refractivity contribution in [3.8, 4) is 5.75 Å². The first-order valence-electron chi connectivity index (χ1n) is 6.21. The van der Waals surface area contributed by atoms with Crippen LogP contribution in [0.1, 0.15) is 18.9 Å². The molecular formula is C14H17NO4. The molecule has 0 bridgehead atoms. The summed E-state index contributed by atoms with van der Waals surface area (Å²) in [4.78, 5) is 23.0. The number of rotatable bonds is 4. The highest BCUT2D eigenvalue weighted by Crippen LogP contribution is 2.20. The highest BCUT2D eigenvalue weighted by molar-refractivity contribution is 5.87. The van der Waals surface area contributed by atoms with Crippen molar-refractivity contribution < 1.29 is 19.1 Å². The molecule has 2 atom stereocenters. The standard InChI is InChI=1S/C14H17NO4/c1-9-7-12(19-14(9)17)13(16)15-8-10-3-5-11(18-2)6-4-10/h3-6,9,12H,7-8H2,1-2H3,(H,15,16)/t9-,12?/m1/s1. The maximum Gasteiger partial charge on any atom is 0.309 e. The van der Waals surface area contributed by atoms with Crippen LogP contribution in [0.2, 0.25) is 0 Å². The number of nitrogens with one attached hydrogen (secondary N) is 1. The molecule has 0 radical (unpaired) electrons. The van der Waals surface area contributed by atoms with E-state index >= 15 is 0 Å². The quantitative estimate of drug-likeness (QED) is 0.831. The maximum atomic E-state index is 11.8. The lowest BCUT2D eigenvalue weighted by Gasteiger charge is -2.10. The molecule has 1 aliphatic heterocycles. The summed E-state index contributed by atoms with van der Waals surface area (Å²) in [7, 11) is 1.60. The minimum Gasteiger partial charge on any atom is -0.497 e. The molecule has 1 aromatic carbocycles. The molecule has 1 fully saturated rings. The van der Waals surface area contributed by atoms with Gasteiger partial charge in [0.2, 0.25) is 0 Å². The van der Waals surface area contributed by atoms with Crippen molar-refractivity contribution in [3.63, 3.8) is 0 Å². The zero-order chi connectivity index (χ0) is 13.8. The van der Waals surface area contributed by atoms with Crippen molar-refractivity contribution in [2.45, 2.75) is 26.0 Å². The first-order chi connectivity index (χ1) is 9.10. The van der Waals surface area contributed by atoms with Gasteiger partial charge in [-0.1, -0.05) is 19.1 Å². The highest BCUT2D eigenvalue weighted by Gasteiger charge is 2.35. The molecule has 1 amide bonds. The van der Waals surface area contributed by atoms with Crippen LogP contribution in [-0.4, -0.2) is 25.1 Å². The molecule has 5 heteroatoms. The average Bonchev–Trinajstić information content (AvgIpc) is 2.77. The average molecular weight is 263 g/mol. The van der Waals surface area contributed by atoms with Gasteiger partial charge in [-0.3, -0.25) is 9.59 Å². The van der Waals surface area contributed by atoms with Crippen molar-refractivity contribution >= 4 is 11.9 Å². The summed E-state index contributed by atoms with van der Waals surface area (Å²) in [6.07, 6.45) is -0.200. The van der Waals surface area contributed by atoms with Gasteiger partial charge in [0.05, 0.1) is 13.0 Å². The number of hydrogen-bond donors (Lipinski definition) is 1. The van der Waals surface area contributed by atoms with Crippen molar-refractivity contribution in [2.75, 3.05) is 7.11 Å². The highest BCUT2D eigenvalue weighted by atomic mass is 16.6. The Hall–Kier alpha value is -2.04. The smallest absolute Gasteiger partial charge is 0.309 e. The van der Waals surface area contributed by atoms with Crippen LogP contribution < -0.4 is 10.1 Å². The molecule has 1 heterocycles. The van der Waals surface area contributed by atoms with Gasteiger partial charge < -0.3 is 14.8 Å². The lowest BCUT2D eigenvalue weighted by atomic mass is 10.1. The van der Waals surface area contributed by atoms with Crippen molar-refractivity contribution in [1.29, 1.82) is 0 Å². The van der Waals surface area contributed by atoms with E-state index in [1.54, 1.807) is 14.0 Å². The fourth-order valence-electron chi connectivity index (χ4n) is 1.93. The van der Waals surface area contributed by atoms with Crippen LogP contribution in [0.15, 0.2) is 24.3 Å². The summed E-state index contributed by atoms with van der Waals surface area (Å²) in [5, 5.41) is 2.76. The Morgan fingerprint density at radius 1 is 1.42 bits per heavy atom. The van der Waals surface area contributed by atoms with E-state index in [0.29, 0.717) is 13.0 Å². The number of esters is 1. The number of benzene rings is 1. The molecular weight excluding hydrogens is 246 g/mol. The first-order valence-corrected chi connectivity index (χ1v) is 6.21. The second-order valence-corrected chi connectivity index (χ2v) is 4.63. The predicted molar refractivity (Wildman–Crippen MR) is 68.5 cm³/mol. The maximum absolute atomic E-state index is 11.8. The second-order valence-electron chi connectivity index (χ2n) is 4.63. The molecule has 2 rings (SSSR count). The summed E-state index contributed by atoms with van der Waals surface area (Å²) in [5.74, 6) is 0.0310. The Balaban J connectivity index is 1.84. The van der Waals surface area contributed by atoms with E-state index in [2.05, 4.69) is 5.32 Å². The fraction of sp³-hybridized carbons (Fsp3) is 0.429. The monoisotopic (exact) mass is 263 g/mol. The summed E-state index contributed by atoms with van der Waals surface area (Å²) < 4.78 is 10.0. The SMILES string of the molecule is COc1ccc(CNC(=O)C2C[C@@H](C)C(=O)O2)cc1. The van der Waals surface area contributed by atoms with E-state index in [1.165, 1.54) is 0 Å². The Bertz CT molecular complexity index is 469. The van der Waals surface area contributed by atoms with Crippen molar-refractivity contribution in [1.82, 2.24) is 5.32 Å². The van der Waals surface area contributed by atoms with Gasteiger partial charge in [0.25, 0.3) is 5.91 Å². The minimum atomic E-state index is -0.652. The van der Waals surface area contributed by atoms with Gasteiger partial charge in [-0.2, -0.15) is 0 Å². The Morgan fingerprint density at radius 3 is 2.63 bits per heavy atom. The number of hydrogen-bond acceptors (Lipinski definition) is 4. The molecule has 0 saturated carbocycles. The van der Waals surface area contributed by atoms with Crippen LogP contribution in [0, 0.1) is 5.92 Å². The van der Waals surface area contributed by atoms with E-state index < -0.39 is 6.10 Å². The van der Waals surface area contributed by atoms with Crippen molar-refractivity contribution in [3.05, 3.63) is 29.8 Å². The van der Waals surface area contributed by atoms with Gasteiger partial charge in [0.1, 0.15) is 5.75 Å². The summed E-state index contributed by atoms with van der Waals surface area (Å²) in [6.45, 7) is 2.17. The molecule has 1 N–H and O–H groups in total. The molecule has 0 spiro atoms. The number of carbonyl (C=O) groups is 2. The fourth-order valence-corrected chi connectivity index (χ4v) is 1.93. The van der Waals surface area contributed by atoms with Crippen LogP contribution >= 0.6 is 0 Å². The largest absolute Gasteiger partial charge is 0.497 e. The number of amides is 1. The van der Waals surface area contributed by atoms with Gasteiger partial charge in [-0.05, 0) is 17.7 Å². The first kappa shape index (κ1) is 13.4. The Labute approximate surface area is 111 Å². The van der Waals surface area contributed by atoms with Crippen LogP contribution in [0.5, 0.6) is 5.75 Å². The third-order valence-corrected chi connectivity index (χ3v) is 3.15. The number of methoxy groups -OCH3 is 1. The topological polar surface area (TPSA) is 64.6 Å². The number of carbonyl (C=O) groups excluding carboxylic acids is 2. The van der Waals surface area contributed by atoms with Gasteiger partial charge in [0, 0.05) is 13.0 Å². The molecule has 1 aliphatic rings. The van der Waals surface area contributed by atoms with Crippen LogP contribution in [-0.2, 0) is 20.9 Å². The molecule has 1 saturated heterocycles. The van der Waals surface area contributed by atoms with Gasteiger partial charge in [-0.15, -0.1) is 0 Å². The molecule has 0 aliphatic carbocycles. The Kier molecular flexibility index (Phi) is 4.04. The normalized spacial score (nSPS) is 21.9. The Morgan fingerprint density at radius 2 is 2.11 bits per heavy atom. The summed E-state index contributed by atoms with van der Waals surface area (Å²) in [6, 6.07) is 7.42. The molecule has 1 aromatic rings. The van der Waals surface area contributed by atoms with Crippen LogP contribution in [0.4, 0.5) is 0 Å². The molecule has 5 nitrogen and oxygen atoms in total. The van der Waals surface area contributed by atoms with Gasteiger partial charge >= 0.3 is 5.97 Å². The number of cyclic esters (lactones) is 1. The van der Waals surface area contributed by atoms with Gasteiger partial charge in [-0.25, -0.2) is 0 Å². The zero-order valence-corrected chi connectivity index (χ0v) is 11.0. The predicted octanol–water partition coefficient (Wildman–Crippen LogP) is 1.26. The van der Waals surface area contributed by atoms with E-state index in [-0.39, 0.29) is 17.8 Å². The number of ether oxygens (including phenoxy) is 2. The zero-order valence-electron chi connectivity index (χ0n) is 11.0. The molecule has 102 valence electrons. The lowest BCUT2D eigenvalue weighted by molar-refractivity contribution is -0.149. The molecule has 1 unspecified atom stereocenters.